The molecule has 5 rings (SSSR count). The molecule has 184 valence electrons. The molecule has 36 heavy (non-hydrogen) atoms. The van der Waals surface area contributed by atoms with Crippen molar-refractivity contribution in [3.05, 3.63) is 96.1 Å². The van der Waals surface area contributed by atoms with Crippen LogP contribution in [0.15, 0.2) is 79.1 Å². The van der Waals surface area contributed by atoms with Crippen molar-refractivity contribution < 1.29 is 14.0 Å². The van der Waals surface area contributed by atoms with E-state index >= 15 is 0 Å². The van der Waals surface area contributed by atoms with Crippen molar-refractivity contribution in [3.8, 4) is 5.69 Å². The molecule has 6 nitrogen and oxygen atoms in total. The largest absolute Gasteiger partial charge is 0.350 e. The Hall–Kier alpha value is -4.00. The Morgan fingerprint density at radius 1 is 1.11 bits per heavy atom. The molecular formula is C29H29FN4O2. The molecule has 0 spiro atoms. The van der Waals surface area contributed by atoms with Crippen molar-refractivity contribution in [1.82, 2.24) is 20.0 Å². The molecule has 7 heteroatoms. The molecule has 1 atom stereocenters. The quantitative estimate of drug-likeness (QED) is 0.391. The first-order valence-corrected chi connectivity index (χ1v) is 12.2. The van der Waals surface area contributed by atoms with Crippen LogP contribution in [0.4, 0.5) is 4.39 Å². The van der Waals surface area contributed by atoms with E-state index in [2.05, 4.69) is 34.7 Å². The van der Waals surface area contributed by atoms with Gasteiger partial charge in [-0.05, 0) is 59.9 Å². The molecule has 1 saturated heterocycles. The highest BCUT2D eigenvalue weighted by Gasteiger charge is 2.38. The SMILES string of the molecule is CN(Cc1cnn(-c2ccc(F)cc2)c1)C(=O)CC[C@@]1(Cc2cccc3ccccc23)CCC(=O)N1. The fraction of sp³-hybridized carbons (Fsp3) is 0.276. The van der Waals surface area contributed by atoms with Gasteiger partial charge in [-0.1, -0.05) is 42.5 Å². The number of nitrogens with zero attached hydrogens (tertiary/aromatic N) is 3. The third-order valence-electron chi connectivity index (χ3n) is 7.03. The average molecular weight is 485 g/mol. The number of hydrogen-bond donors (Lipinski definition) is 1. The minimum atomic E-state index is -0.425. The summed E-state index contributed by atoms with van der Waals surface area (Å²) >= 11 is 0. The molecule has 0 unspecified atom stereocenters. The molecule has 0 bridgehead atoms. The summed E-state index contributed by atoms with van der Waals surface area (Å²) in [7, 11) is 1.78. The van der Waals surface area contributed by atoms with Crippen LogP contribution in [0, 0.1) is 5.82 Å². The lowest BCUT2D eigenvalue weighted by Crippen LogP contribution is -2.44. The number of rotatable bonds is 8. The molecule has 1 aliphatic rings. The van der Waals surface area contributed by atoms with E-state index in [-0.39, 0.29) is 17.6 Å². The first-order chi connectivity index (χ1) is 17.4. The van der Waals surface area contributed by atoms with Crippen molar-refractivity contribution >= 4 is 22.6 Å². The van der Waals surface area contributed by atoms with Gasteiger partial charge in [-0.2, -0.15) is 5.10 Å². The number of fused-ring (bicyclic) bond motifs is 1. The highest BCUT2D eigenvalue weighted by molar-refractivity contribution is 5.86. The summed E-state index contributed by atoms with van der Waals surface area (Å²) in [5.41, 5.74) is 2.40. The number of hydrogen-bond acceptors (Lipinski definition) is 3. The Morgan fingerprint density at radius 2 is 1.89 bits per heavy atom. The van der Waals surface area contributed by atoms with E-state index in [9.17, 15) is 14.0 Å². The van der Waals surface area contributed by atoms with Gasteiger partial charge in [-0.25, -0.2) is 9.07 Å². The van der Waals surface area contributed by atoms with Crippen LogP contribution in [0.25, 0.3) is 16.5 Å². The van der Waals surface area contributed by atoms with E-state index in [1.165, 1.54) is 28.5 Å². The number of carbonyl (C=O) groups excluding carboxylic acids is 2. The zero-order valence-corrected chi connectivity index (χ0v) is 20.3. The van der Waals surface area contributed by atoms with E-state index in [1.54, 1.807) is 35.0 Å². The molecule has 1 fully saturated rings. The van der Waals surface area contributed by atoms with Crippen molar-refractivity contribution in [1.29, 1.82) is 0 Å². The molecule has 0 aliphatic carbocycles. The molecule has 1 aliphatic heterocycles. The van der Waals surface area contributed by atoms with Gasteiger partial charge in [0.2, 0.25) is 11.8 Å². The van der Waals surface area contributed by atoms with Crippen molar-refractivity contribution in [2.75, 3.05) is 7.05 Å². The van der Waals surface area contributed by atoms with Crippen molar-refractivity contribution in [2.45, 2.75) is 44.2 Å². The second-order valence-corrected chi connectivity index (χ2v) is 9.66. The Kier molecular flexibility index (Phi) is 6.55. The second kappa shape index (κ2) is 9.93. The zero-order valence-electron chi connectivity index (χ0n) is 20.3. The average Bonchev–Trinajstić information content (AvgIpc) is 3.50. The molecule has 0 radical (unpaired) electrons. The summed E-state index contributed by atoms with van der Waals surface area (Å²) in [5.74, 6) is -0.236. The molecule has 1 aromatic heterocycles. The van der Waals surface area contributed by atoms with Crippen LogP contribution < -0.4 is 5.32 Å². The van der Waals surface area contributed by atoms with Crippen molar-refractivity contribution in [3.63, 3.8) is 0 Å². The van der Waals surface area contributed by atoms with Gasteiger partial charge in [-0.3, -0.25) is 9.59 Å². The molecular weight excluding hydrogens is 455 g/mol. The van der Waals surface area contributed by atoms with Crippen LogP contribution in [-0.4, -0.2) is 39.1 Å². The van der Waals surface area contributed by atoms with E-state index < -0.39 is 5.54 Å². The lowest BCUT2D eigenvalue weighted by molar-refractivity contribution is -0.131. The van der Waals surface area contributed by atoms with Crippen LogP contribution in [0.1, 0.15) is 36.8 Å². The topological polar surface area (TPSA) is 67.2 Å². The lowest BCUT2D eigenvalue weighted by Gasteiger charge is -2.30. The second-order valence-electron chi connectivity index (χ2n) is 9.66. The third-order valence-corrected chi connectivity index (χ3v) is 7.03. The first-order valence-electron chi connectivity index (χ1n) is 12.2. The van der Waals surface area contributed by atoms with E-state index in [0.717, 1.165) is 17.7 Å². The number of aromatic nitrogens is 2. The summed E-state index contributed by atoms with van der Waals surface area (Å²) in [6, 6.07) is 20.6. The van der Waals surface area contributed by atoms with Crippen LogP contribution in [0.3, 0.4) is 0 Å². The Balaban J connectivity index is 1.24. The predicted molar refractivity (Wildman–Crippen MR) is 137 cm³/mol. The molecule has 1 N–H and O–H groups in total. The number of halogens is 1. The van der Waals surface area contributed by atoms with Crippen molar-refractivity contribution in [2.24, 2.45) is 0 Å². The first kappa shape index (κ1) is 23.7. The van der Waals surface area contributed by atoms with Crippen LogP contribution in [0.5, 0.6) is 0 Å². The lowest BCUT2D eigenvalue weighted by atomic mass is 9.83. The molecule has 2 amide bonds. The highest BCUT2D eigenvalue weighted by atomic mass is 19.1. The normalized spacial score (nSPS) is 17.3. The highest BCUT2D eigenvalue weighted by Crippen LogP contribution is 2.32. The number of amides is 2. The summed E-state index contributed by atoms with van der Waals surface area (Å²) in [6.07, 6.45) is 6.38. The van der Waals surface area contributed by atoms with Gasteiger partial charge in [0, 0.05) is 43.7 Å². The Bertz CT molecular complexity index is 1390. The van der Waals surface area contributed by atoms with Gasteiger partial charge in [-0.15, -0.1) is 0 Å². The van der Waals surface area contributed by atoms with E-state index in [0.29, 0.717) is 32.2 Å². The fourth-order valence-electron chi connectivity index (χ4n) is 5.07. The van der Waals surface area contributed by atoms with Gasteiger partial charge >= 0.3 is 0 Å². The molecule has 3 aromatic carbocycles. The van der Waals surface area contributed by atoms with Gasteiger partial charge in [0.15, 0.2) is 0 Å². The minimum Gasteiger partial charge on any atom is -0.350 e. The maximum atomic E-state index is 13.2. The zero-order chi connectivity index (χ0) is 25.1. The fourth-order valence-corrected chi connectivity index (χ4v) is 5.07. The molecule has 0 saturated carbocycles. The maximum Gasteiger partial charge on any atom is 0.222 e. The number of nitrogens with one attached hydrogen (secondary N) is 1. The number of benzene rings is 3. The van der Waals surface area contributed by atoms with Gasteiger partial charge < -0.3 is 10.2 Å². The van der Waals surface area contributed by atoms with Crippen LogP contribution in [-0.2, 0) is 22.6 Å². The minimum absolute atomic E-state index is 0.0166. The van der Waals surface area contributed by atoms with Crippen LogP contribution in [0.2, 0.25) is 0 Å². The summed E-state index contributed by atoms with van der Waals surface area (Å²) in [4.78, 5) is 27.0. The Morgan fingerprint density at radius 3 is 2.67 bits per heavy atom. The molecule has 4 aromatic rings. The standard InChI is InChI=1S/C29H29FN4O2/c1-33(19-21-18-31-34(20-21)25-11-9-24(30)10-12-25)28(36)14-16-29(15-13-27(35)32-29)17-23-7-4-6-22-5-2-3-8-26(22)23/h2-12,18,20H,13-17,19H2,1H3,(H,32,35)/t29-/m1/s1. The van der Waals surface area contributed by atoms with E-state index in [1.807, 2.05) is 24.4 Å². The molecule has 2 heterocycles. The van der Waals surface area contributed by atoms with Gasteiger partial charge in [0.05, 0.1) is 11.9 Å². The predicted octanol–water partition coefficient (Wildman–Crippen LogP) is 4.79. The number of carbonyl (C=O) groups is 2. The smallest absolute Gasteiger partial charge is 0.222 e. The summed E-state index contributed by atoms with van der Waals surface area (Å²) in [6.45, 7) is 0.419. The maximum absolute atomic E-state index is 13.2. The third kappa shape index (κ3) is 5.15. The van der Waals surface area contributed by atoms with Gasteiger partial charge in [0.25, 0.3) is 0 Å². The Labute approximate surface area is 209 Å². The summed E-state index contributed by atoms with van der Waals surface area (Å²) < 4.78 is 14.9. The summed E-state index contributed by atoms with van der Waals surface area (Å²) in [5, 5.41) is 9.89. The monoisotopic (exact) mass is 484 g/mol. The van der Waals surface area contributed by atoms with E-state index in [4.69, 9.17) is 0 Å². The van der Waals surface area contributed by atoms with Crippen LogP contribution >= 0.6 is 0 Å². The van der Waals surface area contributed by atoms with Gasteiger partial charge in [0.1, 0.15) is 5.82 Å².